The van der Waals surface area contributed by atoms with Crippen molar-refractivity contribution in [1.29, 1.82) is 0 Å². The zero-order chi connectivity index (χ0) is 5.98. The van der Waals surface area contributed by atoms with Crippen LogP contribution in [0.4, 0.5) is 0 Å². The predicted molar refractivity (Wildman–Crippen MR) is 28.8 cm³/mol. The van der Waals surface area contributed by atoms with Crippen LogP contribution in [-0.4, -0.2) is 10.5 Å². The van der Waals surface area contributed by atoms with E-state index in [1.807, 2.05) is 0 Å². The Hall–Kier alpha value is -0.440. The molecule has 0 N–H and O–H groups in total. The zero-order valence-corrected chi connectivity index (χ0v) is 4.83. The molecule has 44 valence electrons. The molecule has 0 aliphatic carbocycles. The summed E-state index contributed by atoms with van der Waals surface area (Å²) in [6.45, 7) is 0. The van der Waals surface area contributed by atoms with Crippen LogP contribution >= 0.6 is 8.73 Å². The summed E-state index contributed by atoms with van der Waals surface area (Å²) in [5.41, 5.74) is -0.203. The Bertz CT molecular complexity index is 134. The molecule has 0 bridgehead atoms. The minimum absolute atomic E-state index is 0.203. The molecule has 0 saturated heterocycles. The van der Waals surface area contributed by atoms with Crippen molar-refractivity contribution < 1.29 is 9.63 Å². The average molecular weight is 132 g/mol. The molecule has 1 atom stereocenters. The first kappa shape index (κ1) is 5.69. The number of hydrogen-bond acceptors (Lipinski definition) is 4. The van der Waals surface area contributed by atoms with E-state index in [-0.39, 0.29) is 10.5 Å². The van der Waals surface area contributed by atoms with Crippen LogP contribution in [0.2, 0.25) is 0 Å². The fourth-order valence-electron chi connectivity index (χ4n) is 0.301. The van der Waals surface area contributed by atoms with Crippen molar-refractivity contribution >= 4 is 14.3 Å². The fourth-order valence-corrected chi connectivity index (χ4v) is 0.737. The monoisotopic (exact) mass is 132 g/mol. The lowest BCUT2D eigenvalue weighted by atomic mass is 10.7. The van der Waals surface area contributed by atoms with Crippen LogP contribution in [0.3, 0.4) is 0 Å². The highest BCUT2D eigenvalue weighted by molar-refractivity contribution is 7.56. The molecule has 1 aliphatic rings. The van der Waals surface area contributed by atoms with Gasteiger partial charge >= 0.3 is 0 Å². The molecule has 1 unspecified atom stereocenters. The zero-order valence-electron chi connectivity index (χ0n) is 3.83. The van der Waals surface area contributed by atoms with Gasteiger partial charge in [-0.2, -0.15) is 5.00 Å². The third-order valence-corrected chi connectivity index (χ3v) is 1.25. The van der Waals surface area contributed by atoms with Gasteiger partial charge in [0.15, 0.2) is 5.52 Å². The second-order valence-corrected chi connectivity index (χ2v) is 2.22. The van der Waals surface area contributed by atoms with Crippen molar-refractivity contribution in [1.82, 2.24) is 5.00 Å². The summed E-state index contributed by atoms with van der Waals surface area (Å²) in [6, 6.07) is 0. The van der Waals surface area contributed by atoms with Crippen LogP contribution in [0.1, 0.15) is 0 Å². The molecule has 0 radical (unpaired) electrons. The summed E-state index contributed by atoms with van der Waals surface area (Å²) >= 11 is 0. The highest BCUT2D eigenvalue weighted by Crippen LogP contribution is 2.21. The van der Waals surface area contributed by atoms with Gasteiger partial charge in [0.05, 0.1) is 8.73 Å². The molecule has 0 fully saturated rings. The van der Waals surface area contributed by atoms with Crippen LogP contribution in [0.15, 0.2) is 12.3 Å². The molecule has 0 aromatic carbocycles. The minimum Gasteiger partial charge on any atom is -0.749 e. The van der Waals surface area contributed by atoms with Gasteiger partial charge in [-0.1, -0.05) is 0 Å². The number of carbonyl (C=O) groups excluding carboxylic acids is 1. The van der Waals surface area contributed by atoms with E-state index in [0.717, 1.165) is 6.26 Å². The van der Waals surface area contributed by atoms with Gasteiger partial charge < -0.3 is 10.0 Å². The Kier molecular flexibility index (Phi) is 1.58. The molecule has 0 saturated carbocycles. The summed E-state index contributed by atoms with van der Waals surface area (Å²) in [5.74, 6) is 0. The van der Waals surface area contributed by atoms with Gasteiger partial charge in [-0.15, -0.1) is 0 Å². The second kappa shape index (κ2) is 2.22. The quantitative estimate of drug-likeness (QED) is 0.446. The number of nitrogens with zero attached hydrogens (tertiary/aromatic N) is 1. The van der Waals surface area contributed by atoms with Gasteiger partial charge in [0, 0.05) is 6.08 Å². The van der Waals surface area contributed by atoms with Crippen LogP contribution in [-0.2, 0) is 9.63 Å². The SMILES string of the molecule is O=C1C=CON([O-])P1. The smallest absolute Gasteiger partial charge is 0.194 e. The standard InChI is InChI=1S/C3H3NO3P/c5-3-1-2-7-4(6)8-3/h1-2,8H/q-1. The van der Waals surface area contributed by atoms with Gasteiger partial charge in [-0.05, 0) is 0 Å². The summed E-state index contributed by atoms with van der Waals surface area (Å²) in [7, 11) is -0.421. The third-order valence-electron chi connectivity index (χ3n) is 0.577. The van der Waals surface area contributed by atoms with E-state index < -0.39 is 8.73 Å². The Balaban J connectivity index is 2.54. The fraction of sp³-hybridized carbons (Fsp3) is 0. The molecule has 8 heavy (non-hydrogen) atoms. The Morgan fingerprint density at radius 2 is 2.62 bits per heavy atom. The number of carbonyl (C=O) groups is 1. The van der Waals surface area contributed by atoms with E-state index in [0.29, 0.717) is 0 Å². The Labute approximate surface area is 47.5 Å². The molecule has 1 rings (SSSR count). The molecule has 0 amide bonds. The van der Waals surface area contributed by atoms with Gasteiger partial charge in [0.25, 0.3) is 0 Å². The summed E-state index contributed by atoms with van der Waals surface area (Å²) in [6.07, 6.45) is 2.30. The molecule has 1 aliphatic heterocycles. The normalized spacial score (nSPS) is 23.9. The van der Waals surface area contributed by atoms with Crippen LogP contribution in [0.25, 0.3) is 0 Å². The van der Waals surface area contributed by atoms with Crippen molar-refractivity contribution in [3.8, 4) is 0 Å². The number of hydrogen-bond donors (Lipinski definition) is 0. The number of allylic oxidation sites excluding steroid dienone is 1. The van der Waals surface area contributed by atoms with Crippen molar-refractivity contribution in [2.75, 3.05) is 0 Å². The maximum absolute atomic E-state index is 10.3. The van der Waals surface area contributed by atoms with E-state index in [1.165, 1.54) is 6.08 Å². The van der Waals surface area contributed by atoms with Crippen LogP contribution < -0.4 is 0 Å². The van der Waals surface area contributed by atoms with Crippen molar-refractivity contribution in [2.24, 2.45) is 0 Å². The second-order valence-electron chi connectivity index (χ2n) is 1.14. The van der Waals surface area contributed by atoms with Gasteiger partial charge in [0.2, 0.25) is 0 Å². The van der Waals surface area contributed by atoms with E-state index in [1.54, 1.807) is 0 Å². The largest absolute Gasteiger partial charge is 0.749 e. The third kappa shape index (κ3) is 1.26. The van der Waals surface area contributed by atoms with Crippen molar-refractivity contribution in [2.45, 2.75) is 0 Å². The molecule has 0 spiro atoms. The molecular weight excluding hydrogens is 129 g/mol. The first-order chi connectivity index (χ1) is 3.79. The maximum Gasteiger partial charge on any atom is 0.194 e. The van der Waals surface area contributed by atoms with E-state index in [4.69, 9.17) is 0 Å². The molecule has 0 aromatic rings. The van der Waals surface area contributed by atoms with E-state index in [2.05, 4.69) is 4.84 Å². The average Bonchev–Trinajstić information content (AvgIpc) is 1.64. The highest BCUT2D eigenvalue weighted by atomic mass is 31.1. The minimum atomic E-state index is -0.421. The summed E-state index contributed by atoms with van der Waals surface area (Å²) < 4.78 is 0. The molecular formula is C3H3NO3P-. The first-order valence-electron chi connectivity index (χ1n) is 1.90. The lowest BCUT2D eigenvalue weighted by molar-refractivity contribution is -0.109. The maximum atomic E-state index is 10.3. The lowest BCUT2D eigenvalue weighted by Gasteiger charge is -2.25. The number of rotatable bonds is 0. The molecule has 4 nitrogen and oxygen atoms in total. The summed E-state index contributed by atoms with van der Waals surface area (Å²) in [5, 5.41) is 10.1. The van der Waals surface area contributed by atoms with Gasteiger partial charge in [0.1, 0.15) is 6.26 Å². The van der Waals surface area contributed by atoms with Crippen molar-refractivity contribution in [3.05, 3.63) is 17.5 Å². The van der Waals surface area contributed by atoms with Crippen molar-refractivity contribution in [3.63, 3.8) is 0 Å². The van der Waals surface area contributed by atoms with Gasteiger partial charge in [-0.25, -0.2) is 0 Å². The van der Waals surface area contributed by atoms with E-state index in [9.17, 15) is 10.0 Å². The molecule has 0 aromatic heterocycles. The predicted octanol–water partition coefficient (Wildman–Crippen LogP) is 0.365. The topological polar surface area (TPSA) is 52.6 Å². The van der Waals surface area contributed by atoms with Crippen LogP contribution in [0.5, 0.6) is 0 Å². The lowest BCUT2D eigenvalue weighted by Crippen LogP contribution is -2.08. The Morgan fingerprint density at radius 3 is 3.00 bits per heavy atom. The van der Waals surface area contributed by atoms with E-state index >= 15 is 0 Å². The highest BCUT2D eigenvalue weighted by Gasteiger charge is 2.02. The summed E-state index contributed by atoms with van der Waals surface area (Å²) in [4.78, 5) is 14.8. The van der Waals surface area contributed by atoms with Gasteiger partial charge in [-0.3, -0.25) is 4.79 Å². The first-order valence-corrected chi connectivity index (χ1v) is 2.85. The Morgan fingerprint density at radius 1 is 1.88 bits per heavy atom. The van der Waals surface area contributed by atoms with Crippen LogP contribution in [0, 0.1) is 5.21 Å². The molecule has 5 heteroatoms. The molecule has 1 heterocycles.